The number of H-pyrrole nitrogens is 2. The molecule has 3 heterocycles. The van der Waals surface area contributed by atoms with E-state index in [-0.39, 0.29) is 32.3 Å². The normalized spacial score (nSPS) is 19.8. The van der Waals surface area contributed by atoms with Gasteiger partial charge >= 0.3 is 0 Å². The van der Waals surface area contributed by atoms with Gasteiger partial charge in [0.1, 0.15) is 11.1 Å². The van der Waals surface area contributed by atoms with Crippen LogP contribution in [-0.2, 0) is 32.5 Å². The first-order valence-electron chi connectivity index (χ1n) is 11.0. The number of carbonyl (C=O) groups excluding carboxylic acids is 1. The second kappa shape index (κ2) is 8.32. The fourth-order valence-electron chi connectivity index (χ4n) is 5.14. The van der Waals surface area contributed by atoms with E-state index < -0.39 is 5.41 Å². The van der Waals surface area contributed by atoms with Crippen molar-refractivity contribution in [2.24, 2.45) is 0 Å². The van der Waals surface area contributed by atoms with E-state index in [1.54, 1.807) is 4.90 Å². The Hall–Kier alpha value is -2.72. The van der Waals surface area contributed by atoms with Crippen LogP contribution in [0.2, 0.25) is 0 Å². The number of hydrogen-bond acceptors (Lipinski definition) is 6. The van der Waals surface area contributed by atoms with Gasteiger partial charge in [0.05, 0.1) is 38.7 Å². The Kier molecular flexibility index (Phi) is 5.50. The lowest BCUT2D eigenvalue weighted by Crippen LogP contribution is -2.47. The summed E-state index contributed by atoms with van der Waals surface area (Å²) in [5.74, 6) is -0.197. The predicted molar refractivity (Wildman–Crippen MR) is 119 cm³/mol. The molecule has 1 atom stereocenters. The molecule has 2 aromatic heterocycles. The van der Waals surface area contributed by atoms with Crippen molar-refractivity contribution in [3.05, 3.63) is 35.0 Å². The molecule has 0 spiro atoms. The number of aryl methyl sites for hydroxylation is 2. The average Bonchev–Trinajstić information content (AvgIpc) is 3.42. The predicted octanol–water partition coefficient (Wildman–Crippen LogP) is 1.28. The third kappa shape index (κ3) is 3.07. The maximum absolute atomic E-state index is 13.5. The number of anilines is 1. The molecule has 0 fully saturated rings. The summed E-state index contributed by atoms with van der Waals surface area (Å²) < 4.78 is 10.8. The van der Waals surface area contributed by atoms with Crippen LogP contribution < -0.4 is 4.90 Å². The van der Waals surface area contributed by atoms with Gasteiger partial charge in [-0.1, -0.05) is 0 Å². The van der Waals surface area contributed by atoms with Gasteiger partial charge in [-0.2, -0.15) is 5.10 Å². The van der Waals surface area contributed by atoms with Gasteiger partial charge in [0.25, 0.3) is 0 Å². The number of aromatic amines is 2. The smallest absolute Gasteiger partial charge is 0.242 e. The monoisotopic (exact) mass is 440 g/mol. The Bertz CT molecular complexity index is 1150. The molecule has 9 nitrogen and oxygen atoms in total. The molecule has 5 rings (SSSR count). The van der Waals surface area contributed by atoms with E-state index in [0.29, 0.717) is 13.2 Å². The van der Waals surface area contributed by atoms with Crippen LogP contribution in [0.5, 0.6) is 0 Å². The van der Waals surface area contributed by atoms with Gasteiger partial charge in [-0.05, 0) is 48.1 Å². The van der Waals surface area contributed by atoms with Crippen molar-refractivity contribution in [2.75, 3.05) is 51.6 Å². The van der Waals surface area contributed by atoms with Crippen LogP contribution in [0.3, 0.4) is 0 Å². The first-order chi connectivity index (χ1) is 15.6. The van der Waals surface area contributed by atoms with E-state index in [2.05, 4.69) is 21.2 Å². The van der Waals surface area contributed by atoms with Crippen LogP contribution in [0.4, 0.5) is 5.69 Å². The highest BCUT2D eigenvalue weighted by Gasteiger charge is 2.51. The number of aliphatic hydroxyl groups excluding tert-OH is 2. The van der Waals surface area contributed by atoms with E-state index in [1.165, 1.54) is 18.2 Å². The Morgan fingerprint density at radius 3 is 2.91 bits per heavy atom. The molecule has 3 aromatic rings. The van der Waals surface area contributed by atoms with Gasteiger partial charge in [0.15, 0.2) is 0 Å². The summed E-state index contributed by atoms with van der Waals surface area (Å²) in [7, 11) is 1.53. The molecule has 170 valence electrons. The van der Waals surface area contributed by atoms with Gasteiger partial charge in [0.2, 0.25) is 5.91 Å². The number of aromatic nitrogens is 3. The summed E-state index contributed by atoms with van der Waals surface area (Å²) in [6, 6.07) is 4.03. The van der Waals surface area contributed by atoms with Crippen molar-refractivity contribution in [3.8, 4) is 11.4 Å². The lowest BCUT2D eigenvalue weighted by atomic mass is 9.82. The molecule has 9 heteroatoms. The summed E-state index contributed by atoms with van der Waals surface area (Å²) in [6.07, 6.45) is 4.86. The fourth-order valence-corrected chi connectivity index (χ4v) is 5.14. The first kappa shape index (κ1) is 21.1. The molecule has 0 radical (unpaired) electrons. The number of nitrogens with one attached hydrogen (secondary N) is 2. The molecule has 1 unspecified atom stereocenters. The molecule has 1 aliphatic carbocycles. The number of nitrogens with zero attached hydrogens (tertiary/aromatic N) is 2. The molecule has 0 bridgehead atoms. The van der Waals surface area contributed by atoms with Crippen LogP contribution in [0.25, 0.3) is 22.3 Å². The first-order valence-corrected chi connectivity index (χ1v) is 11.0. The van der Waals surface area contributed by atoms with E-state index in [1.807, 2.05) is 12.3 Å². The van der Waals surface area contributed by atoms with Crippen LogP contribution in [-0.4, -0.2) is 78.0 Å². The molecule has 0 saturated heterocycles. The van der Waals surface area contributed by atoms with Crippen molar-refractivity contribution >= 4 is 22.5 Å². The second-order valence-corrected chi connectivity index (χ2v) is 8.47. The summed E-state index contributed by atoms with van der Waals surface area (Å²) in [4.78, 5) is 18.7. The van der Waals surface area contributed by atoms with E-state index in [4.69, 9.17) is 14.6 Å². The van der Waals surface area contributed by atoms with E-state index >= 15 is 0 Å². The van der Waals surface area contributed by atoms with Gasteiger partial charge in [-0.15, -0.1) is 0 Å². The van der Waals surface area contributed by atoms with Crippen LogP contribution >= 0.6 is 0 Å². The number of carbonyl (C=O) groups is 1. The molecule has 1 aromatic carbocycles. The molecular formula is C23H28N4O5. The third-order valence-corrected chi connectivity index (χ3v) is 6.67. The summed E-state index contributed by atoms with van der Waals surface area (Å²) in [5, 5.41) is 27.8. The minimum atomic E-state index is -1.16. The van der Waals surface area contributed by atoms with Crippen molar-refractivity contribution < 1.29 is 24.5 Å². The van der Waals surface area contributed by atoms with Gasteiger partial charge in [-0.3, -0.25) is 9.89 Å². The Labute approximate surface area is 185 Å². The van der Waals surface area contributed by atoms with Crippen LogP contribution in [0, 0.1) is 0 Å². The zero-order valence-electron chi connectivity index (χ0n) is 18.1. The maximum Gasteiger partial charge on any atom is 0.242 e. The minimum absolute atomic E-state index is 0.0694. The van der Waals surface area contributed by atoms with Crippen LogP contribution in [0.15, 0.2) is 18.3 Å². The maximum atomic E-state index is 13.5. The number of fused-ring (bicyclic) bond motifs is 6. The van der Waals surface area contributed by atoms with Gasteiger partial charge < -0.3 is 29.6 Å². The lowest BCUT2D eigenvalue weighted by Gasteiger charge is -2.25. The minimum Gasteiger partial charge on any atom is -0.395 e. The molecular weight excluding hydrogens is 412 g/mol. The number of aliphatic hydroxyl groups is 2. The zero-order valence-corrected chi connectivity index (χ0v) is 18.1. The number of ether oxygens (including phenoxy) is 2. The Morgan fingerprint density at radius 2 is 2.12 bits per heavy atom. The summed E-state index contributed by atoms with van der Waals surface area (Å²) >= 11 is 0. The molecule has 2 aliphatic rings. The Morgan fingerprint density at radius 1 is 1.25 bits per heavy atom. The molecule has 0 saturated carbocycles. The SMILES string of the molecule is COCC1(CO)C(=O)N(CCOCCO)c2cc3c4c([nH]c3cc21)-c1n[nH]cc1CCC4. The zero-order chi connectivity index (χ0) is 22.3. The third-order valence-electron chi connectivity index (χ3n) is 6.67. The molecule has 1 aliphatic heterocycles. The van der Waals surface area contributed by atoms with Crippen molar-refractivity contribution in [1.82, 2.24) is 15.2 Å². The van der Waals surface area contributed by atoms with Crippen molar-refractivity contribution in [1.29, 1.82) is 0 Å². The highest BCUT2D eigenvalue weighted by molar-refractivity contribution is 6.11. The summed E-state index contributed by atoms with van der Waals surface area (Å²) in [6.45, 7) is 0.502. The lowest BCUT2D eigenvalue weighted by molar-refractivity contribution is -0.127. The largest absolute Gasteiger partial charge is 0.395 e. The van der Waals surface area contributed by atoms with E-state index in [0.717, 1.165) is 52.8 Å². The topological polar surface area (TPSA) is 124 Å². The number of amides is 1. The average molecular weight is 441 g/mol. The van der Waals surface area contributed by atoms with Gasteiger partial charge in [0, 0.05) is 36.4 Å². The van der Waals surface area contributed by atoms with Gasteiger partial charge in [-0.25, -0.2) is 0 Å². The molecule has 32 heavy (non-hydrogen) atoms. The molecule has 1 amide bonds. The highest BCUT2D eigenvalue weighted by Crippen LogP contribution is 2.46. The Balaban J connectivity index is 1.65. The molecule has 4 N–H and O–H groups in total. The highest BCUT2D eigenvalue weighted by atomic mass is 16.5. The number of methoxy groups -OCH3 is 1. The number of hydrogen-bond donors (Lipinski definition) is 4. The number of benzene rings is 1. The van der Waals surface area contributed by atoms with Crippen molar-refractivity contribution in [3.63, 3.8) is 0 Å². The van der Waals surface area contributed by atoms with Crippen molar-refractivity contribution in [2.45, 2.75) is 24.7 Å². The number of rotatable bonds is 8. The summed E-state index contributed by atoms with van der Waals surface area (Å²) in [5.41, 5.74) is 5.65. The van der Waals surface area contributed by atoms with Crippen LogP contribution in [0.1, 0.15) is 23.1 Å². The standard InChI is InChI=1S/C23H28N4O5/c1-31-13-23(12-29)17-10-18-16(9-19(17)27(22(23)30)5-7-32-8-6-28)15-4-2-3-14-11-24-26-20(14)21(15)25-18/h9-11,25,28-29H,2-8,12-13H2,1H3,(H,24,26). The quantitative estimate of drug-likeness (QED) is 0.391. The second-order valence-electron chi connectivity index (χ2n) is 8.47. The fraction of sp³-hybridized carbons (Fsp3) is 0.478. The van der Waals surface area contributed by atoms with E-state index in [9.17, 15) is 9.90 Å².